The number of halogens is 1. The molecule has 21 heavy (non-hydrogen) atoms. The van der Waals surface area contributed by atoms with Crippen LogP contribution in [0.1, 0.15) is 10.9 Å². The standard InChI is InChI=1S/C15H20FN3OS/c16-13-3-1-2-12(10-13)15-19(14(20)11-21-15)9-8-18-6-4-17-5-7-18/h1-3,10,15,17H,4-9,11H2/t15-/m1/s1. The van der Waals surface area contributed by atoms with Crippen molar-refractivity contribution >= 4 is 17.7 Å². The predicted molar refractivity (Wildman–Crippen MR) is 82.6 cm³/mol. The summed E-state index contributed by atoms with van der Waals surface area (Å²) < 4.78 is 13.4. The third-order valence-electron chi connectivity index (χ3n) is 3.97. The molecule has 0 radical (unpaired) electrons. The summed E-state index contributed by atoms with van der Waals surface area (Å²) in [5.74, 6) is 0.404. The molecule has 3 rings (SSSR count). The monoisotopic (exact) mass is 309 g/mol. The lowest BCUT2D eigenvalue weighted by molar-refractivity contribution is -0.128. The van der Waals surface area contributed by atoms with Crippen molar-refractivity contribution in [3.63, 3.8) is 0 Å². The van der Waals surface area contributed by atoms with Crippen molar-refractivity contribution < 1.29 is 9.18 Å². The summed E-state index contributed by atoms with van der Waals surface area (Å²) in [6, 6.07) is 6.59. The molecule has 2 aliphatic heterocycles. The number of benzene rings is 1. The number of carbonyl (C=O) groups excluding carboxylic acids is 1. The second kappa shape index (κ2) is 6.77. The summed E-state index contributed by atoms with van der Waals surface area (Å²) in [4.78, 5) is 16.4. The Morgan fingerprint density at radius 1 is 1.29 bits per heavy atom. The molecule has 0 bridgehead atoms. The quantitative estimate of drug-likeness (QED) is 0.909. The number of nitrogens with zero attached hydrogens (tertiary/aromatic N) is 2. The number of amides is 1. The summed E-state index contributed by atoms with van der Waals surface area (Å²) >= 11 is 1.59. The number of nitrogens with one attached hydrogen (secondary N) is 1. The van der Waals surface area contributed by atoms with E-state index in [0.29, 0.717) is 12.3 Å². The number of hydrogen-bond acceptors (Lipinski definition) is 4. The van der Waals surface area contributed by atoms with E-state index in [9.17, 15) is 9.18 Å². The first-order valence-corrected chi connectivity index (χ1v) is 8.38. The summed E-state index contributed by atoms with van der Waals surface area (Å²) in [6.45, 7) is 5.68. The second-order valence-corrected chi connectivity index (χ2v) is 6.47. The molecular weight excluding hydrogens is 289 g/mol. The smallest absolute Gasteiger partial charge is 0.233 e. The zero-order valence-corrected chi connectivity index (χ0v) is 12.7. The first kappa shape index (κ1) is 14.8. The highest BCUT2D eigenvalue weighted by atomic mass is 32.2. The molecule has 0 aromatic heterocycles. The van der Waals surface area contributed by atoms with E-state index in [2.05, 4.69) is 10.2 Å². The van der Waals surface area contributed by atoms with Gasteiger partial charge in [0.2, 0.25) is 5.91 Å². The van der Waals surface area contributed by atoms with E-state index in [1.807, 2.05) is 11.0 Å². The lowest BCUT2D eigenvalue weighted by Crippen LogP contribution is -2.46. The van der Waals surface area contributed by atoms with Gasteiger partial charge in [0.1, 0.15) is 11.2 Å². The topological polar surface area (TPSA) is 35.6 Å². The maximum Gasteiger partial charge on any atom is 0.233 e. The van der Waals surface area contributed by atoms with Crippen molar-refractivity contribution in [1.82, 2.24) is 15.1 Å². The molecule has 1 atom stereocenters. The Labute approximate surface area is 128 Å². The molecule has 6 heteroatoms. The highest BCUT2D eigenvalue weighted by Crippen LogP contribution is 2.38. The molecule has 2 heterocycles. The Bertz CT molecular complexity index is 507. The van der Waals surface area contributed by atoms with Gasteiger partial charge >= 0.3 is 0 Å². The van der Waals surface area contributed by atoms with Crippen LogP contribution in [-0.4, -0.2) is 60.7 Å². The maximum atomic E-state index is 13.4. The van der Waals surface area contributed by atoms with E-state index < -0.39 is 0 Å². The van der Waals surface area contributed by atoms with E-state index in [1.54, 1.807) is 17.8 Å². The Kier molecular flexibility index (Phi) is 4.77. The van der Waals surface area contributed by atoms with Gasteiger partial charge in [-0.15, -0.1) is 11.8 Å². The minimum atomic E-state index is -0.241. The van der Waals surface area contributed by atoms with Crippen molar-refractivity contribution in [2.75, 3.05) is 45.0 Å². The van der Waals surface area contributed by atoms with Gasteiger partial charge < -0.3 is 10.2 Å². The van der Waals surface area contributed by atoms with Crippen molar-refractivity contribution in [3.8, 4) is 0 Å². The van der Waals surface area contributed by atoms with E-state index >= 15 is 0 Å². The van der Waals surface area contributed by atoms with Gasteiger partial charge in [0.15, 0.2) is 0 Å². The average molecular weight is 309 g/mol. The fourth-order valence-corrected chi connectivity index (χ4v) is 4.02. The molecule has 2 fully saturated rings. The summed E-state index contributed by atoms with van der Waals surface area (Å²) in [5.41, 5.74) is 0.881. The zero-order chi connectivity index (χ0) is 14.7. The number of hydrogen-bond donors (Lipinski definition) is 1. The maximum absolute atomic E-state index is 13.4. The Hall–Kier alpha value is -1.11. The molecular formula is C15H20FN3OS. The van der Waals surface area contributed by atoms with Crippen LogP contribution in [0.2, 0.25) is 0 Å². The van der Waals surface area contributed by atoms with Crippen LogP contribution in [0.4, 0.5) is 4.39 Å². The molecule has 0 aliphatic carbocycles. The third kappa shape index (κ3) is 3.56. The molecule has 1 amide bonds. The van der Waals surface area contributed by atoms with Crippen LogP contribution in [0.25, 0.3) is 0 Å². The van der Waals surface area contributed by atoms with Crippen molar-refractivity contribution in [2.24, 2.45) is 0 Å². The molecule has 0 spiro atoms. The highest BCUT2D eigenvalue weighted by Gasteiger charge is 2.32. The van der Waals surface area contributed by atoms with Gasteiger partial charge in [-0.05, 0) is 17.7 Å². The SMILES string of the molecule is O=C1CS[C@H](c2cccc(F)c2)N1CCN1CCNCC1. The van der Waals surface area contributed by atoms with Crippen LogP contribution >= 0.6 is 11.8 Å². The Morgan fingerprint density at radius 3 is 2.86 bits per heavy atom. The van der Waals surface area contributed by atoms with Crippen molar-refractivity contribution in [3.05, 3.63) is 35.6 Å². The molecule has 0 saturated carbocycles. The zero-order valence-electron chi connectivity index (χ0n) is 11.9. The highest BCUT2D eigenvalue weighted by molar-refractivity contribution is 8.00. The van der Waals surface area contributed by atoms with Crippen LogP contribution in [0.15, 0.2) is 24.3 Å². The Morgan fingerprint density at radius 2 is 2.10 bits per heavy atom. The average Bonchev–Trinajstić information content (AvgIpc) is 2.87. The predicted octanol–water partition coefficient (Wildman–Crippen LogP) is 1.30. The Balaban J connectivity index is 1.65. The molecule has 1 aromatic carbocycles. The van der Waals surface area contributed by atoms with Gasteiger partial charge in [0.05, 0.1) is 5.75 Å². The molecule has 2 saturated heterocycles. The number of carbonyl (C=O) groups is 1. The van der Waals surface area contributed by atoms with E-state index in [0.717, 1.165) is 38.3 Å². The van der Waals surface area contributed by atoms with Crippen molar-refractivity contribution in [1.29, 1.82) is 0 Å². The molecule has 4 nitrogen and oxygen atoms in total. The number of thioether (sulfide) groups is 1. The lowest BCUT2D eigenvalue weighted by atomic mass is 10.2. The van der Waals surface area contributed by atoms with E-state index in [4.69, 9.17) is 0 Å². The summed E-state index contributed by atoms with van der Waals surface area (Å²) in [6.07, 6.45) is 0. The minimum Gasteiger partial charge on any atom is -0.325 e. The van der Waals surface area contributed by atoms with Gasteiger partial charge in [-0.1, -0.05) is 12.1 Å². The molecule has 0 unspecified atom stereocenters. The van der Waals surface area contributed by atoms with Gasteiger partial charge in [-0.3, -0.25) is 9.69 Å². The third-order valence-corrected chi connectivity index (χ3v) is 5.22. The lowest BCUT2D eigenvalue weighted by Gasteiger charge is -2.31. The van der Waals surface area contributed by atoms with Crippen LogP contribution in [0.3, 0.4) is 0 Å². The fraction of sp³-hybridized carbons (Fsp3) is 0.533. The number of rotatable bonds is 4. The fourth-order valence-electron chi connectivity index (χ4n) is 2.82. The summed E-state index contributed by atoms with van der Waals surface area (Å²) in [7, 11) is 0. The molecule has 1 aromatic rings. The van der Waals surface area contributed by atoms with E-state index in [-0.39, 0.29) is 17.1 Å². The number of piperazine rings is 1. The van der Waals surface area contributed by atoms with Gasteiger partial charge in [0, 0.05) is 39.3 Å². The molecule has 2 aliphatic rings. The molecule has 1 N–H and O–H groups in total. The van der Waals surface area contributed by atoms with Gasteiger partial charge in [0.25, 0.3) is 0 Å². The minimum absolute atomic E-state index is 0.0453. The first-order valence-electron chi connectivity index (χ1n) is 7.33. The molecule has 114 valence electrons. The van der Waals surface area contributed by atoms with E-state index in [1.165, 1.54) is 12.1 Å². The van der Waals surface area contributed by atoms with Crippen molar-refractivity contribution in [2.45, 2.75) is 5.37 Å². The van der Waals surface area contributed by atoms with Gasteiger partial charge in [-0.25, -0.2) is 4.39 Å². The summed E-state index contributed by atoms with van der Waals surface area (Å²) in [5, 5.41) is 3.28. The van der Waals surface area contributed by atoms with Gasteiger partial charge in [-0.2, -0.15) is 0 Å². The normalized spacial score (nSPS) is 23.8. The van der Waals surface area contributed by atoms with Crippen LogP contribution in [0, 0.1) is 5.82 Å². The largest absolute Gasteiger partial charge is 0.325 e. The first-order chi connectivity index (χ1) is 10.2. The second-order valence-electron chi connectivity index (χ2n) is 5.40. The van der Waals surface area contributed by atoms with Crippen LogP contribution in [0.5, 0.6) is 0 Å². The van der Waals surface area contributed by atoms with Crippen LogP contribution in [-0.2, 0) is 4.79 Å². The van der Waals surface area contributed by atoms with Crippen LogP contribution < -0.4 is 5.32 Å².